The lowest BCUT2D eigenvalue weighted by Gasteiger charge is -2.08. The lowest BCUT2D eigenvalue weighted by Crippen LogP contribution is -2.32. The second-order valence-electron chi connectivity index (χ2n) is 5.02. The van der Waals surface area contributed by atoms with E-state index in [0.29, 0.717) is 6.54 Å². The van der Waals surface area contributed by atoms with Crippen LogP contribution in [-0.4, -0.2) is 51.8 Å². The number of nitrogens with one attached hydrogen (secondary N) is 2. The summed E-state index contributed by atoms with van der Waals surface area (Å²) in [6, 6.07) is 3.97. The van der Waals surface area contributed by atoms with Crippen molar-refractivity contribution in [1.29, 1.82) is 0 Å². The van der Waals surface area contributed by atoms with Crippen LogP contribution in [0.3, 0.4) is 0 Å². The Kier molecular flexibility index (Phi) is 4.94. The molecule has 120 valence electrons. The van der Waals surface area contributed by atoms with E-state index in [1.54, 1.807) is 0 Å². The zero-order chi connectivity index (χ0) is 16.3. The van der Waals surface area contributed by atoms with Crippen molar-refractivity contribution in [2.24, 2.45) is 0 Å². The molecule has 0 aliphatic carbocycles. The molecule has 1 heterocycles. The molecule has 0 saturated carbocycles. The average Bonchev–Trinajstić information content (AvgIpc) is 2.71. The molecule has 0 unspecified atom stereocenters. The van der Waals surface area contributed by atoms with E-state index in [4.69, 9.17) is 0 Å². The Hall–Kier alpha value is -1.77. The Morgan fingerprint density at radius 2 is 1.73 bits per heavy atom. The average molecular weight is 325 g/mol. The molecular weight excluding hydrogens is 306 g/mol. The van der Waals surface area contributed by atoms with Gasteiger partial charge >= 0.3 is 0 Å². The number of sulfonamides is 1. The number of imide groups is 1. The maximum absolute atomic E-state index is 12.2. The molecule has 2 amide bonds. The molecule has 0 radical (unpaired) electrons. The van der Waals surface area contributed by atoms with Crippen LogP contribution in [0.2, 0.25) is 0 Å². The predicted octanol–water partition coefficient (Wildman–Crippen LogP) is 0.190. The minimum atomic E-state index is -3.70. The third-order valence-corrected chi connectivity index (χ3v) is 4.85. The molecule has 1 aromatic rings. The molecule has 1 aliphatic rings. The topological polar surface area (TPSA) is 95.6 Å². The van der Waals surface area contributed by atoms with Gasteiger partial charge in [-0.2, -0.15) is 0 Å². The number of fused-ring (bicyclic) bond motifs is 1. The quantitative estimate of drug-likeness (QED) is 0.551. The van der Waals surface area contributed by atoms with Crippen molar-refractivity contribution in [3.8, 4) is 0 Å². The van der Waals surface area contributed by atoms with E-state index in [9.17, 15) is 18.0 Å². The van der Waals surface area contributed by atoms with Gasteiger partial charge in [-0.3, -0.25) is 14.5 Å². The number of carbonyl (C=O) groups excluding carboxylic acids is 2. The summed E-state index contributed by atoms with van der Waals surface area (Å²) in [5, 5.41) is 3.09. The molecule has 1 aromatic carbocycles. The van der Waals surface area contributed by atoms with Crippen LogP contribution in [-0.2, 0) is 10.0 Å². The van der Waals surface area contributed by atoms with Crippen molar-refractivity contribution in [3.05, 3.63) is 29.3 Å². The Bertz CT molecular complexity index is 700. The molecule has 2 N–H and O–H groups in total. The standard InChI is InChI=1S/C14H19N3O4S/c1-3-6-15-7-8-16-22(20,21)10-4-5-11-12(9-10)14(19)17(2)13(11)18/h4-5,9,15-16H,3,6-8H2,1-2H3. The smallest absolute Gasteiger partial charge is 0.261 e. The summed E-state index contributed by atoms with van der Waals surface area (Å²) in [7, 11) is -2.33. The van der Waals surface area contributed by atoms with Crippen LogP contribution >= 0.6 is 0 Å². The van der Waals surface area contributed by atoms with Gasteiger partial charge in [-0.1, -0.05) is 6.92 Å². The van der Waals surface area contributed by atoms with E-state index in [2.05, 4.69) is 10.0 Å². The van der Waals surface area contributed by atoms with Crippen LogP contribution in [0.1, 0.15) is 34.1 Å². The molecule has 0 bridgehead atoms. The van der Waals surface area contributed by atoms with E-state index in [1.807, 2.05) is 6.92 Å². The van der Waals surface area contributed by atoms with E-state index in [0.717, 1.165) is 17.9 Å². The first kappa shape index (κ1) is 16.6. The normalized spacial score (nSPS) is 14.5. The maximum Gasteiger partial charge on any atom is 0.261 e. The molecule has 0 fully saturated rings. The summed E-state index contributed by atoms with van der Waals surface area (Å²) in [5.74, 6) is -0.901. The third-order valence-electron chi connectivity index (χ3n) is 3.39. The van der Waals surface area contributed by atoms with E-state index < -0.39 is 21.8 Å². The molecule has 0 spiro atoms. The minimum Gasteiger partial charge on any atom is -0.315 e. The van der Waals surface area contributed by atoms with Crippen molar-refractivity contribution in [3.63, 3.8) is 0 Å². The minimum absolute atomic E-state index is 0.0156. The largest absolute Gasteiger partial charge is 0.315 e. The van der Waals surface area contributed by atoms with Crippen molar-refractivity contribution in [1.82, 2.24) is 14.9 Å². The summed E-state index contributed by atoms with van der Waals surface area (Å²) in [5.41, 5.74) is 0.357. The highest BCUT2D eigenvalue weighted by Gasteiger charge is 2.33. The van der Waals surface area contributed by atoms with E-state index in [1.165, 1.54) is 25.2 Å². The zero-order valence-corrected chi connectivity index (χ0v) is 13.4. The van der Waals surface area contributed by atoms with Crippen molar-refractivity contribution >= 4 is 21.8 Å². The highest BCUT2D eigenvalue weighted by Crippen LogP contribution is 2.24. The Morgan fingerprint density at radius 3 is 2.41 bits per heavy atom. The predicted molar refractivity (Wildman–Crippen MR) is 81.2 cm³/mol. The Balaban J connectivity index is 2.13. The van der Waals surface area contributed by atoms with Crippen LogP contribution in [0.4, 0.5) is 0 Å². The van der Waals surface area contributed by atoms with Crippen molar-refractivity contribution in [2.45, 2.75) is 18.2 Å². The lowest BCUT2D eigenvalue weighted by atomic mass is 10.1. The molecule has 0 aromatic heterocycles. The summed E-state index contributed by atoms with van der Waals surface area (Å²) in [4.78, 5) is 24.6. The highest BCUT2D eigenvalue weighted by molar-refractivity contribution is 7.89. The number of amides is 2. The number of nitrogens with zero attached hydrogens (tertiary/aromatic N) is 1. The van der Waals surface area contributed by atoms with Gasteiger partial charge in [-0.15, -0.1) is 0 Å². The van der Waals surface area contributed by atoms with E-state index >= 15 is 0 Å². The van der Waals surface area contributed by atoms with Crippen LogP contribution in [0.5, 0.6) is 0 Å². The van der Waals surface area contributed by atoms with Gasteiger partial charge in [0.1, 0.15) is 0 Å². The van der Waals surface area contributed by atoms with Gasteiger partial charge in [-0.05, 0) is 31.2 Å². The zero-order valence-electron chi connectivity index (χ0n) is 12.5. The fourth-order valence-electron chi connectivity index (χ4n) is 2.17. The van der Waals surface area contributed by atoms with Crippen LogP contribution in [0.25, 0.3) is 0 Å². The van der Waals surface area contributed by atoms with Gasteiger partial charge < -0.3 is 5.32 Å². The number of rotatable bonds is 7. The molecule has 22 heavy (non-hydrogen) atoms. The summed E-state index contributed by atoms with van der Waals surface area (Å²) in [6.45, 7) is 3.63. The first-order valence-electron chi connectivity index (χ1n) is 7.05. The Labute approximate surface area is 129 Å². The lowest BCUT2D eigenvalue weighted by molar-refractivity contribution is 0.0693. The molecule has 8 heteroatoms. The van der Waals surface area contributed by atoms with Crippen molar-refractivity contribution in [2.75, 3.05) is 26.7 Å². The second-order valence-corrected chi connectivity index (χ2v) is 6.79. The van der Waals surface area contributed by atoms with Gasteiger partial charge in [0.05, 0.1) is 16.0 Å². The molecular formula is C14H19N3O4S. The van der Waals surface area contributed by atoms with Gasteiger partial charge in [0.25, 0.3) is 11.8 Å². The highest BCUT2D eigenvalue weighted by atomic mass is 32.2. The first-order valence-corrected chi connectivity index (χ1v) is 8.53. The van der Waals surface area contributed by atoms with Crippen molar-refractivity contribution < 1.29 is 18.0 Å². The van der Waals surface area contributed by atoms with Gasteiger partial charge in [0.15, 0.2) is 0 Å². The van der Waals surface area contributed by atoms with Gasteiger partial charge in [0.2, 0.25) is 10.0 Å². The van der Waals surface area contributed by atoms with E-state index in [-0.39, 0.29) is 22.6 Å². The fourth-order valence-corrected chi connectivity index (χ4v) is 3.22. The van der Waals surface area contributed by atoms with Gasteiger partial charge in [-0.25, -0.2) is 13.1 Å². The molecule has 0 saturated heterocycles. The number of hydrogen-bond acceptors (Lipinski definition) is 5. The Morgan fingerprint density at radius 1 is 1.05 bits per heavy atom. The summed E-state index contributed by atoms with van der Waals surface area (Å²) >= 11 is 0. The molecule has 7 nitrogen and oxygen atoms in total. The second kappa shape index (κ2) is 6.55. The number of hydrogen-bond donors (Lipinski definition) is 2. The summed E-state index contributed by atoms with van der Waals surface area (Å²) in [6.07, 6.45) is 0.973. The number of benzene rings is 1. The van der Waals surface area contributed by atoms with Gasteiger partial charge in [0, 0.05) is 20.1 Å². The number of carbonyl (C=O) groups is 2. The maximum atomic E-state index is 12.2. The molecule has 1 aliphatic heterocycles. The van der Waals surface area contributed by atoms with Crippen LogP contribution in [0, 0.1) is 0 Å². The third kappa shape index (κ3) is 3.18. The van der Waals surface area contributed by atoms with Crippen LogP contribution in [0.15, 0.2) is 23.1 Å². The fraction of sp³-hybridized carbons (Fsp3) is 0.429. The monoisotopic (exact) mass is 325 g/mol. The molecule has 2 rings (SSSR count). The SMILES string of the molecule is CCCNCCNS(=O)(=O)c1ccc2c(c1)C(=O)N(C)C2=O. The molecule has 0 atom stereocenters. The van der Waals surface area contributed by atoms with Crippen LogP contribution < -0.4 is 10.0 Å². The first-order chi connectivity index (χ1) is 10.4. The summed E-state index contributed by atoms with van der Waals surface area (Å²) < 4.78 is 26.8.